The first-order valence-corrected chi connectivity index (χ1v) is 10.2. The van der Waals surface area contributed by atoms with Crippen molar-refractivity contribution < 1.29 is 4.79 Å². The third-order valence-corrected chi connectivity index (χ3v) is 5.94. The van der Waals surface area contributed by atoms with Gasteiger partial charge >= 0.3 is 0 Å². The summed E-state index contributed by atoms with van der Waals surface area (Å²) in [5.74, 6) is 2.28. The lowest BCUT2D eigenvalue weighted by Crippen LogP contribution is -2.37. The predicted molar refractivity (Wildman–Crippen MR) is 104 cm³/mol. The number of carbonyl (C=O) groups is 1. The van der Waals surface area contributed by atoms with Crippen molar-refractivity contribution in [3.8, 4) is 0 Å². The molecule has 0 radical (unpaired) electrons. The van der Waals surface area contributed by atoms with Crippen molar-refractivity contribution >= 4 is 5.91 Å². The Balaban J connectivity index is 1.50. The number of hydrogen-bond donors (Lipinski definition) is 0. The van der Waals surface area contributed by atoms with E-state index in [-0.39, 0.29) is 5.91 Å². The first kappa shape index (κ1) is 18.2. The van der Waals surface area contributed by atoms with E-state index in [1.807, 2.05) is 4.90 Å². The second-order valence-electron chi connectivity index (χ2n) is 7.67. The largest absolute Gasteiger partial charge is 0.341 e. The average molecular weight is 367 g/mol. The number of benzene rings is 1. The molecule has 4 rings (SSSR count). The van der Waals surface area contributed by atoms with E-state index in [9.17, 15) is 4.79 Å². The van der Waals surface area contributed by atoms with Gasteiger partial charge < -0.3 is 9.47 Å². The molecule has 0 saturated carbocycles. The van der Waals surface area contributed by atoms with E-state index in [0.717, 1.165) is 63.6 Å². The van der Waals surface area contributed by atoms with Gasteiger partial charge in [0, 0.05) is 39.5 Å². The number of piperidine rings is 1. The van der Waals surface area contributed by atoms with Gasteiger partial charge in [-0.15, -0.1) is 10.2 Å². The Morgan fingerprint density at radius 2 is 1.93 bits per heavy atom. The Bertz CT molecular complexity index is 772. The van der Waals surface area contributed by atoms with Gasteiger partial charge in [-0.25, -0.2) is 0 Å². The minimum Gasteiger partial charge on any atom is -0.341 e. The molecular formula is C21H29N5O. The quantitative estimate of drug-likeness (QED) is 0.833. The number of amides is 1. The summed E-state index contributed by atoms with van der Waals surface area (Å²) < 4.78 is 2.29. The van der Waals surface area contributed by atoms with Crippen LogP contribution in [0.1, 0.15) is 49.4 Å². The van der Waals surface area contributed by atoms with Crippen LogP contribution >= 0.6 is 0 Å². The van der Waals surface area contributed by atoms with Crippen LogP contribution in [0.3, 0.4) is 0 Å². The monoisotopic (exact) mass is 367 g/mol. The fourth-order valence-electron chi connectivity index (χ4n) is 4.38. The summed E-state index contributed by atoms with van der Waals surface area (Å²) >= 11 is 0. The van der Waals surface area contributed by atoms with E-state index in [0.29, 0.717) is 6.04 Å². The van der Waals surface area contributed by atoms with Crippen LogP contribution in [0.4, 0.5) is 0 Å². The highest BCUT2D eigenvalue weighted by atomic mass is 16.2. The summed E-state index contributed by atoms with van der Waals surface area (Å²) in [6, 6.07) is 11.1. The van der Waals surface area contributed by atoms with Gasteiger partial charge in [0.05, 0.1) is 6.04 Å². The normalized spacial score (nSPS) is 20.9. The molecule has 2 aromatic rings. The maximum absolute atomic E-state index is 11.8. The molecule has 0 N–H and O–H groups in total. The Morgan fingerprint density at radius 3 is 2.74 bits per heavy atom. The number of fused-ring (bicyclic) bond motifs is 1. The van der Waals surface area contributed by atoms with Crippen LogP contribution in [0.25, 0.3) is 0 Å². The van der Waals surface area contributed by atoms with Gasteiger partial charge in [0.1, 0.15) is 11.6 Å². The molecule has 1 amide bonds. The van der Waals surface area contributed by atoms with E-state index >= 15 is 0 Å². The SMILES string of the molecule is CC(=O)N1CCc2nnc(C3CCCCN3CCc3ccccc3)n2CC1. The second kappa shape index (κ2) is 8.21. The summed E-state index contributed by atoms with van der Waals surface area (Å²) in [4.78, 5) is 16.3. The fraction of sp³-hybridized carbons (Fsp3) is 0.571. The molecule has 1 fully saturated rings. The van der Waals surface area contributed by atoms with Crippen molar-refractivity contribution in [2.75, 3.05) is 26.2 Å². The zero-order chi connectivity index (χ0) is 18.6. The topological polar surface area (TPSA) is 54.3 Å². The van der Waals surface area contributed by atoms with E-state index in [4.69, 9.17) is 0 Å². The van der Waals surface area contributed by atoms with Crippen LogP contribution in [0.15, 0.2) is 30.3 Å². The predicted octanol–water partition coefficient (Wildman–Crippen LogP) is 2.45. The molecule has 6 heteroatoms. The summed E-state index contributed by atoms with van der Waals surface area (Å²) in [5.41, 5.74) is 1.39. The molecule has 0 bridgehead atoms. The molecule has 0 spiro atoms. The van der Waals surface area contributed by atoms with Gasteiger partial charge in [-0.3, -0.25) is 9.69 Å². The van der Waals surface area contributed by atoms with Gasteiger partial charge in [0.25, 0.3) is 0 Å². The lowest BCUT2D eigenvalue weighted by molar-refractivity contribution is -0.128. The van der Waals surface area contributed by atoms with E-state index in [2.05, 4.69) is 50.0 Å². The minimum atomic E-state index is 0.150. The zero-order valence-corrected chi connectivity index (χ0v) is 16.2. The smallest absolute Gasteiger partial charge is 0.219 e. The van der Waals surface area contributed by atoms with Crippen LogP contribution in [-0.2, 0) is 24.2 Å². The highest BCUT2D eigenvalue weighted by molar-refractivity contribution is 5.73. The molecule has 1 aromatic heterocycles. The van der Waals surface area contributed by atoms with Crippen molar-refractivity contribution in [1.29, 1.82) is 0 Å². The molecule has 1 saturated heterocycles. The third kappa shape index (κ3) is 4.05. The highest BCUT2D eigenvalue weighted by Crippen LogP contribution is 2.31. The Labute approximate surface area is 161 Å². The Kier molecular flexibility index (Phi) is 5.53. The van der Waals surface area contributed by atoms with Crippen molar-refractivity contribution in [1.82, 2.24) is 24.6 Å². The fourth-order valence-corrected chi connectivity index (χ4v) is 4.38. The number of rotatable bonds is 4. The number of likely N-dealkylation sites (tertiary alicyclic amines) is 1. The summed E-state index contributed by atoms with van der Waals surface area (Å²) in [5, 5.41) is 9.09. The van der Waals surface area contributed by atoms with Gasteiger partial charge in [0.2, 0.25) is 5.91 Å². The molecular weight excluding hydrogens is 338 g/mol. The van der Waals surface area contributed by atoms with Crippen LogP contribution < -0.4 is 0 Å². The first-order chi connectivity index (χ1) is 13.2. The van der Waals surface area contributed by atoms with E-state index < -0.39 is 0 Å². The average Bonchev–Trinajstić information content (AvgIpc) is 2.97. The number of aromatic nitrogens is 3. The van der Waals surface area contributed by atoms with Crippen LogP contribution in [0.5, 0.6) is 0 Å². The maximum Gasteiger partial charge on any atom is 0.219 e. The van der Waals surface area contributed by atoms with Crippen molar-refractivity contribution in [3.63, 3.8) is 0 Å². The van der Waals surface area contributed by atoms with Gasteiger partial charge in [-0.05, 0) is 31.4 Å². The molecule has 27 heavy (non-hydrogen) atoms. The molecule has 2 aliphatic rings. The summed E-state index contributed by atoms with van der Waals surface area (Å²) in [6.07, 6.45) is 5.50. The van der Waals surface area contributed by atoms with E-state index in [1.54, 1.807) is 6.92 Å². The van der Waals surface area contributed by atoms with Gasteiger partial charge in [-0.1, -0.05) is 36.8 Å². The van der Waals surface area contributed by atoms with Crippen LogP contribution in [-0.4, -0.2) is 56.7 Å². The van der Waals surface area contributed by atoms with Gasteiger partial charge in [0.15, 0.2) is 0 Å². The van der Waals surface area contributed by atoms with Crippen LogP contribution in [0.2, 0.25) is 0 Å². The first-order valence-electron chi connectivity index (χ1n) is 10.2. The van der Waals surface area contributed by atoms with Gasteiger partial charge in [-0.2, -0.15) is 0 Å². The molecule has 1 atom stereocenters. The van der Waals surface area contributed by atoms with Crippen molar-refractivity contribution in [2.45, 2.75) is 51.6 Å². The number of nitrogens with zero attached hydrogens (tertiary/aromatic N) is 5. The molecule has 6 nitrogen and oxygen atoms in total. The Morgan fingerprint density at radius 1 is 1.07 bits per heavy atom. The second-order valence-corrected chi connectivity index (χ2v) is 7.67. The molecule has 0 aliphatic carbocycles. The maximum atomic E-state index is 11.8. The number of carbonyl (C=O) groups excluding carboxylic acids is 1. The van der Waals surface area contributed by atoms with Crippen molar-refractivity contribution in [2.24, 2.45) is 0 Å². The molecule has 2 aliphatic heterocycles. The molecule has 1 unspecified atom stereocenters. The van der Waals surface area contributed by atoms with Crippen molar-refractivity contribution in [3.05, 3.63) is 47.5 Å². The highest BCUT2D eigenvalue weighted by Gasteiger charge is 2.30. The Hall–Kier alpha value is -2.21. The number of hydrogen-bond acceptors (Lipinski definition) is 4. The standard InChI is InChI=1S/C21H29N5O/c1-17(27)24-14-11-20-22-23-21(26(20)16-15-24)19-9-5-6-12-25(19)13-10-18-7-3-2-4-8-18/h2-4,7-8,19H,5-6,9-16H2,1H3. The molecule has 3 heterocycles. The molecule has 1 aromatic carbocycles. The lowest BCUT2D eigenvalue weighted by atomic mass is 10.00. The minimum absolute atomic E-state index is 0.150. The molecule has 144 valence electrons. The lowest BCUT2D eigenvalue weighted by Gasteiger charge is -2.35. The van der Waals surface area contributed by atoms with Crippen LogP contribution in [0, 0.1) is 0 Å². The van der Waals surface area contributed by atoms with E-state index in [1.165, 1.54) is 18.4 Å². The third-order valence-electron chi connectivity index (χ3n) is 5.94. The summed E-state index contributed by atoms with van der Waals surface area (Å²) in [7, 11) is 0. The summed E-state index contributed by atoms with van der Waals surface area (Å²) in [6.45, 7) is 6.13. The zero-order valence-electron chi connectivity index (χ0n) is 16.2.